The molecule has 9 nitrogen and oxygen atoms in total. The summed E-state index contributed by atoms with van der Waals surface area (Å²) >= 11 is 0. The van der Waals surface area contributed by atoms with E-state index in [9.17, 15) is 22.8 Å². The Morgan fingerprint density at radius 1 is 1.05 bits per heavy atom. The predicted octanol–water partition coefficient (Wildman–Crippen LogP) is 3.44. The van der Waals surface area contributed by atoms with Crippen LogP contribution in [0.3, 0.4) is 0 Å². The first-order valence-corrected chi connectivity index (χ1v) is 13.7. The molecule has 2 amide bonds. The molecule has 3 heterocycles. The van der Waals surface area contributed by atoms with E-state index in [2.05, 4.69) is 26.7 Å². The van der Waals surface area contributed by atoms with Crippen molar-refractivity contribution in [1.82, 2.24) is 20.6 Å². The summed E-state index contributed by atoms with van der Waals surface area (Å²) in [5, 5.41) is 14.6. The number of anilines is 2. The third-order valence-electron chi connectivity index (χ3n) is 7.46. The molecule has 214 valence electrons. The number of carbonyl (C=O) groups excluding carboxylic acids is 2. The van der Waals surface area contributed by atoms with Gasteiger partial charge >= 0.3 is 6.18 Å². The van der Waals surface area contributed by atoms with Crippen LogP contribution in [0.15, 0.2) is 30.3 Å². The Balaban J connectivity index is 1.38. The molecule has 4 rings (SSSR count). The number of alkyl halides is 3. The summed E-state index contributed by atoms with van der Waals surface area (Å²) in [6, 6.07) is 10.1. The highest BCUT2D eigenvalue weighted by molar-refractivity contribution is 5.86. The lowest BCUT2D eigenvalue weighted by molar-refractivity contribution is -0.144. The maximum Gasteiger partial charge on any atom is 0.451 e. The summed E-state index contributed by atoms with van der Waals surface area (Å²) in [4.78, 5) is 35.7. The van der Waals surface area contributed by atoms with E-state index >= 15 is 0 Å². The van der Waals surface area contributed by atoms with Crippen LogP contribution in [0.4, 0.5) is 24.8 Å². The standard InChI is InChI=1S/C28H34F3N7O2/c1-2-33-25(39)8-7-20-10-14-37(15-11-20)23-17-24(36-27(35-23)28(29,30)31)38-16-12-22(38)26(40)34-13-9-19-3-5-21(18-32)6-4-19/h3-6,17,20,22H,2,7-16H2,1H3,(H,33,39)(H,34,40)/t22-/m0/s1. The minimum Gasteiger partial charge on any atom is -0.356 e. The average molecular weight is 558 g/mol. The number of hydrogen-bond acceptors (Lipinski definition) is 7. The van der Waals surface area contributed by atoms with Gasteiger partial charge < -0.3 is 20.4 Å². The zero-order valence-corrected chi connectivity index (χ0v) is 22.5. The van der Waals surface area contributed by atoms with E-state index in [4.69, 9.17) is 5.26 Å². The van der Waals surface area contributed by atoms with Crippen LogP contribution < -0.4 is 20.4 Å². The fourth-order valence-corrected chi connectivity index (χ4v) is 5.06. The number of hydrogen-bond donors (Lipinski definition) is 2. The summed E-state index contributed by atoms with van der Waals surface area (Å²) < 4.78 is 41.2. The Morgan fingerprint density at radius 3 is 2.35 bits per heavy atom. The third-order valence-corrected chi connectivity index (χ3v) is 7.46. The van der Waals surface area contributed by atoms with E-state index in [1.165, 1.54) is 0 Å². The number of amides is 2. The highest BCUT2D eigenvalue weighted by Gasteiger charge is 2.40. The molecule has 0 unspecified atom stereocenters. The van der Waals surface area contributed by atoms with Gasteiger partial charge in [0.25, 0.3) is 0 Å². The number of benzene rings is 1. The minimum absolute atomic E-state index is 0.0163. The van der Waals surface area contributed by atoms with Gasteiger partial charge in [-0.25, -0.2) is 9.97 Å². The van der Waals surface area contributed by atoms with Crippen molar-refractivity contribution in [2.24, 2.45) is 5.92 Å². The normalized spacial score (nSPS) is 17.6. The van der Waals surface area contributed by atoms with Gasteiger partial charge in [-0.3, -0.25) is 9.59 Å². The summed E-state index contributed by atoms with van der Waals surface area (Å²) in [7, 11) is 0. The lowest BCUT2D eigenvalue weighted by Crippen LogP contribution is -2.57. The van der Waals surface area contributed by atoms with Crippen molar-refractivity contribution < 1.29 is 22.8 Å². The van der Waals surface area contributed by atoms with Crippen LogP contribution in [-0.2, 0) is 22.2 Å². The molecule has 0 spiro atoms. The smallest absolute Gasteiger partial charge is 0.356 e. The Hall–Kier alpha value is -3.88. The molecular weight excluding hydrogens is 523 g/mol. The van der Waals surface area contributed by atoms with Gasteiger partial charge in [0.2, 0.25) is 17.6 Å². The molecule has 0 saturated carbocycles. The van der Waals surface area contributed by atoms with Crippen LogP contribution >= 0.6 is 0 Å². The van der Waals surface area contributed by atoms with Crippen LogP contribution in [0.25, 0.3) is 0 Å². The number of nitrogens with zero attached hydrogens (tertiary/aromatic N) is 5. The molecule has 2 N–H and O–H groups in total. The van der Waals surface area contributed by atoms with Crippen LogP contribution in [0.2, 0.25) is 0 Å². The molecule has 2 aliphatic heterocycles. The van der Waals surface area contributed by atoms with Crippen molar-refractivity contribution in [3.05, 3.63) is 47.3 Å². The summed E-state index contributed by atoms with van der Waals surface area (Å²) in [5.74, 6) is -0.843. The van der Waals surface area contributed by atoms with Gasteiger partial charge in [0.1, 0.15) is 17.7 Å². The van der Waals surface area contributed by atoms with Gasteiger partial charge in [-0.1, -0.05) is 12.1 Å². The molecular formula is C28H34F3N7O2. The van der Waals surface area contributed by atoms with Crippen LogP contribution in [0.5, 0.6) is 0 Å². The van der Waals surface area contributed by atoms with Gasteiger partial charge in [0, 0.05) is 45.2 Å². The predicted molar refractivity (Wildman–Crippen MR) is 144 cm³/mol. The SMILES string of the molecule is CCNC(=O)CCC1CCN(c2cc(N3CC[C@H]3C(=O)NCCc3ccc(C#N)cc3)nc(C(F)(F)F)n2)CC1. The molecule has 0 bridgehead atoms. The van der Waals surface area contributed by atoms with Crippen molar-refractivity contribution in [3.63, 3.8) is 0 Å². The Bertz CT molecular complexity index is 1220. The molecule has 40 heavy (non-hydrogen) atoms. The lowest BCUT2D eigenvalue weighted by Gasteiger charge is -2.41. The minimum atomic E-state index is -4.72. The second-order valence-corrected chi connectivity index (χ2v) is 10.2. The molecule has 1 aromatic heterocycles. The second kappa shape index (κ2) is 13.0. The second-order valence-electron chi connectivity index (χ2n) is 10.2. The first-order chi connectivity index (χ1) is 19.2. The van der Waals surface area contributed by atoms with Crippen LogP contribution in [0.1, 0.15) is 56.0 Å². The zero-order chi connectivity index (χ0) is 28.7. The van der Waals surface area contributed by atoms with Crippen molar-refractivity contribution in [1.29, 1.82) is 5.26 Å². The number of rotatable bonds is 10. The number of carbonyl (C=O) groups is 2. The molecule has 2 aliphatic rings. The van der Waals surface area contributed by atoms with Gasteiger partial charge in [-0.05, 0) is 62.6 Å². The Kier molecular flexibility index (Phi) is 9.45. The Morgan fingerprint density at radius 2 is 1.75 bits per heavy atom. The van der Waals surface area contributed by atoms with Gasteiger partial charge in [0.15, 0.2) is 0 Å². The molecule has 2 fully saturated rings. The highest BCUT2D eigenvalue weighted by atomic mass is 19.4. The highest BCUT2D eigenvalue weighted by Crippen LogP contribution is 2.34. The van der Waals surface area contributed by atoms with Crippen LogP contribution in [-0.4, -0.2) is 60.5 Å². The summed E-state index contributed by atoms with van der Waals surface area (Å²) in [5.41, 5.74) is 1.52. The maximum atomic E-state index is 13.7. The summed E-state index contributed by atoms with van der Waals surface area (Å²) in [6.45, 7) is 4.32. The summed E-state index contributed by atoms with van der Waals surface area (Å²) in [6.07, 6.45) is -0.931. The Labute approximate surface area is 231 Å². The topological polar surface area (TPSA) is 114 Å². The van der Waals surface area contributed by atoms with E-state index in [-0.39, 0.29) is 23.5 Å². The number of nitriles is 1. The quantitative estimate of drug-likeness (QED) is 0.460. The van der Waals surface area contributed by atoms with Gasteiger partial charge in [-0.2, -0.15) is 18.4 Å². The number of halogens is 3. The van der Waals surface area contributed by atoms with E-state index in [1.54, 1.807) is 23.1 Å². The fraction of sp³-hybridized carbons (Fsp3) is 0.536. The van der Waals surface area contributed by atoms with Gasteiger partial charge in [0.05, 0.1) is 11.6 Å². The number of aromatic nitrogens is 2. The monoisotopic (exact) mass is 557 g/mol. The molecule has 1 aromatic carbocycles. The first-order valence-electron chi connectivity index (χ1n) is 13.7. The average Bonchev–Trinajstić information content (AvgIpc) is 2.91. The molecule has 2 aromatic rings. The van der Waals surface area contributed by atoms with E-state index < -0.39 is 18.0 Å². The molecule has 1 atom stereocenters. The van der Waals surface area contributed by atoms with Crippen molar-refractivity contribution in [2.75, 3.05) is 42.5 Å². The van der Waals surface area contributed by atoms with Gasteiger partial charge in [-0.15, -0.1) is 0 Å². The van der Waals surface area contributed by atoms with E-state index in [1.807, 2.05) is 24.0 Å². The zero-order valence-electron chi connectivity index (χ0n) is 22.5. The fourth-order valence-electron chi connectivity index (χ4n) is 5.06. The van der Waals surface area contributed by atoms with E-state index in [0.717, 1.165) is 24.8 Å². The number of nitrogens with one attached hydrogen (secondary N) is 2. The first kappa shape index (κ1) is 29.1. The molecule has 12 heteroatoms. The third kappa shape index (κ3) is 7.40. The molecule has 0 aliphatic carbocycles. The number of piperidine rings is 1. The van der Waals surface area contributed by atoms with Crippen LogP contribution in [0, 0.1) is 17.2 Å². The van der Waals surface area contributed by atoms with Crippen molar-refractivity contribution in [2.45, 2.75) is 57.7 Å². The molecule has 2 saturated heterocycles. The largest absolute Gasteiger partial charge is 0.451 e. The lowest BCUT2D eigenvalue weighted by atomic mass is 9.92. The van der Waals surface area contributed by atoms with E-state index in [0.29, 0.717) is 63.5 Å². The molecule has 0 radical (unpaired) electrons. The van der Waals surface area contributed by atoms with Crippen molar-refractivity contribution in [3.8, 4) is 6.07 Å². The maximum absolute atomic E-state index is 13.7. The van der Waals surface area contributed by atoms with Crippen molar-refractivity contribution >= 4 is 23.5 Å².